The molecule has 0 aliphatic carbocycles. The Kier molecular flexibility index (Phi) is 2.25. The molecular formula is C11H13NO2. The van der Waals surface area contributed by atoms with Crippen LogP contribution in [0, 0.1) is 0 Å². The molecule has 3 heteroatoms. The summed E-state index contributed by atoms with van der Waals surface area (Å²) in [5.41, 5.74) is 0.884. The van der Waals surface area contributed by atoms with E-state index in [0.29, 0.717) is 6.42 Å². The minimum Gasteiger partial charge on any atom is -0.508 e. The van der Waals surface area contributed by atoms with E-state index in [-0.39, 0.29) is 17.6 Å². The number of phenolic OH excluding ortho intramolecular Hbond substituents is 1. The fourth-order valence-corrected chi connectivity index (χ4v) is 1.93. The molecule has 1 fully saturated rings. The third kappa shape index (κ3) is 1.51. The third-order valence-electron chi connectivity index (χ3n) is 2.64. The Balaban J connectivity index is 2.34. The molecular weight excluding hydrogens is 178 g/mol. The van der Waals surface area contributed by atoms with Crippen LogP contribution in [0.2, 0.25) is 0 Å². The first-order valence-electron chi connectivity index (χ1n) is 4.70. The van der Waals surface area contributed by atoms with Gasteiger partial charge in [-0.25, -0.2) is 0 Å². The van der Waals surface area contributed by atoms with Crippen LogP contribution in [-0.4, -0.2) is 29.4 Å². The Morgan fingerprint density at radius 1 is 1.50 bits per heavy atom. The average Bonchev–Trinajstić information content (AvgIpc) is 2.46. The molecule has 1 heterocycles. The first-order valence-corrected chi connectivity index (χ1v) is 4.70. The Labute approximate surface area is 83.0 Å². The van der Waals surface area contributed by atoms with Crippen LogP contribution in [0.15, 0.2) is 24.3 Å². The number of carbonyl (C=O) groups is 1. The number of ketones is 1. The highest BCUT2D eigenvalue weighted by molar-refractivity contribution is 5.87. The average molecular weight is 191 g/mol. The summed E-state index contributed by atoms with van der Waals surface area (Å²) in [5.74, 6) is 0.453. The molecule has 0 saturated carbocycles. The van der Waals surface area contributed by atoms with Gasteiger partial charge in [-0.3, -0.25) is 9.69 Å². The van der Waals surface area contributed by atoms with Gasteiger partial charge in [-0.2, -0.15) is 0 Å². The summed E-state index contributed by atoms with van der Waals surface area (Å²) in [6.07, 6.45) is 0.608. The van der Waals surface area contributed by atoms with E-state index >= 15 is 0 Å². The molecule has 1 aromatic carbocycles. The maximum absolute atomic E-state index is 11.6. The van der Waals surface area contributed by atoms with Gasteiger partial charge in [-0.05, 0) is 24.7 Å². The fraction of sp³-hybridized carbons (Fsp3) is 0.364. The standard InChI is InChI=1S/C11H13NO2/c1-12-6-5-10(14)11(12)8-3-2-4-9(13)7-8/h2-4,7,11,13H,5-6H2,1H3. The zero-order valence-electron chi connectivity index (χ0n) is 8.10. The van der Waals surface area contributed by atoms with Crippen molar-refractivity contribution in [1.82, 2.24) is 4.90 Å². The number of aromatic hydroxyl groups is 1. The van der Waals surface area contributed by atoms with Crippen molar-refractivity contribution in [3.63, 3.8) is 0 Å². The van der Waals surface area contributed by atoms with Crippen LogP contribution in [0.1, 0.15) is 18.0 Å². The highest BCUT2D eigenvalue weighted by Gasteiger charge is 2.30. The van der Waals surface area contributed by atoms with Gasteiger partial charge in [0.25, 0.3) is 0 Å². The number of phenols is 1. The monoisotopic (exact) mass is 191 g/mol. The van der Waals surface area contributed by atoms with Gasteiger partial charge in [-0.1, -0.05) is 12.1 Å². The molecule has 0 amide bonds. The zero-order chi connectivity index (χ0) is 10.1. The minimum atomic E-state index is -0.165. The van der Waals surface area contributed by atoms with Gasteiger partial charge in [-0.15, -0.1) is 0 Å². The molecule has 0 spiro atoms. The predicted molar refractivity (Wildman–Crippen MR) is 53.1 cm³/mol. The van der Waals surface area contributed by atoms with Crippen LogP contribution in [0.5, 0.6) is 5.75 Å². The third-order valence-corrected chi connectivity index (χ3v) is 2.64. The molecule has 1 saturated heterocycles. The zero-order valence-corrected chi connectivity index (χ0v) is 8.10. The molecule has 1 atom stereocenters. The number of rotatable bonds is 1. The maximum Gasteiger partial charge on any atom is 0.155 e. The second-order valence-electron chi connectivity index (χ2n) is 3.69. The molecule has 1 aromatic rings. The lowest BCUT2D eigenvalue weighted by Gasteiger charge is -2.18. The maximum atomic E-state index is 11.6. The van der Waals surface area contributed by atoms with Gasteiger partial charge in [0.1, 0.15) is 5.75 Å². The van der Waals surface area contributed by atoms with Crippen molar-refractivity contribution in [3.8, 4) is 5.75 Å². The van der Waals surface area contributed by atoms with Gasteiger partial charge < -0.3 is 5.11 Å². The molecule has 1 aliphatic heterocycles. The van der Waals surface area contributed by atoms with Crippen LogP contribution >= 0.6 is 0 Å². The summed E-state index contributed by atoms with van der Waals surface area (Å²) < 4.78 is 0. The number of carbonyl (C=O) groups excluding carboxylic acids is 1. The Morgan fingerprint density at radius 3 is 2.86 bits per heavy atom. The predicted octanol–water partition coefficient (Wildman–Crippen LogP) is 1.34. The number of likely N-dealkylation sites (tertiary alicyclic amines) is 1. The lowest BCUT2D eigenvalue weighted by atomic mass is 10.0. The Hall–Kier alpha value is -1.35. The summed E-state index contributed by atoms with van der Waals surface area (Å²) >= 11 is 0. The van der Waals surface area contributed by atoms with Gasteiger partial charge in [0.15, 0.2) is 5.78 Å². The normalized spacial score (nSPS) is 22.9. The van der Waals surface area contributed by atoms with E-state index < -0.39 is 0 Å². The summed E-state index contributed by atoms with van der Waals surface area (Å²) in [6.45, 7) is 0.805. The van der Waals surface area contributed by atoms with E-state index in [9.17, 15) is 9.90 Å². The highest BCUT2D eigenvalue weighted by Crippen LogP contribution is 2.28. The number of Topliss-reactive ketones (excluding diaryl/α,β-unsaturated/α-hetero) is 1. The molecule has 74 valence electrons. The van der Waals surface area contributed by atoms with E-state index in [2.05, 4.69) is 0 Å². The van der Waals surface area contributed by atoms with Crippen LogP contribution < -0.4 is 0 Å². The molecule has 1 aliphatic rings. The number of benzene rings is 1. The van der Waals surface area contributed by atoms with E-state index in [1.54, 1.807) is 18.2 Å². The topological polar surface area (TPSA) is 40.5 Å². The fourth-order valence-electron chi connectivity index (χ4n) is 1.93. The van der Waals surface area contributed by atoms with Crippen LogP contribution in [-0.2, 0) is 4.79 Å². The minimum absolute atomic E-state index is 0.165. The quantitative estimate of drug-likeness (QED) is 0.728. The largest absolute Gasteiger partial charge is 0.508 e. The molecule has 1 unspecified atom stereocenters. The van der Waals surface area contributed by atoms with E-state index in [1.165, 1.54) is 0 Å². The van der Waals surface area contributed by atoms with Crippen LogP contribution in [0.25, 0.3) is 0 Å². The van der Waals surface area contributed by atoms with Crippen molar-refractivity contribution in [2.75, 3.05) is 13.6 Å². The second kappa shape index (κ2) is 3.42. The first kappa shape index (κ1) is 9.21. The van der Waals surface area contributed by atoms with Crippen molar-refractivity contribution >= 4 is 5.78 Å². The van der Waals surface area contributed by atoms with Crippen LogP contribution in [0.4, 0.5) is 0 Å². The number of hydrogen-bond acceptors (Lipinski definition) is 3. The molecule has 14 heavy (non-hydrogen) atoms. The smallest absolute Gasteiger partial charge is 0.155 e. The van der Waals surface area contributed by atoms with E-state index in [0.717, 1.165) is 12.1 Å². The second-order valence-corrected chi connectivity index (χ2v) is 3.69. The van der Waals surface area contributed by atoms with Gasteiger partial charge in [0, 0.05) is 13.0 Å². The summed E-state index contributed by atoms with van der Waals surface area (Å²) in [4.78, 5) is 13.6. The van der Waals surface area contributed by atoms with Crippen LogP contribution in [0.3, 0.4) is 0 Å². The van der Waals surface area contributed by atoms with E-state index in [1.807, 2.05) is 18.0 Å². The molecule has 0 aromatic heterocycles. The SMILES string of the molecule is CN1CCC(=O)C1c1cccc(O)c1. The number of nitrogens with zero attached hydrogens (tertiary/aromatic N) is 1. The molecule has 0 bridgehead atoms. The number of hydrogen-bond donors (Lipinski definition) is 1. The van der Waals surface area contributed by atoms with Gasteiger partial charge in [0.2, 0.25) is 0 Å². The summed E-state index contributed by atoms with van der Waals surface area (Å²) in [5, 5.41) is 9.32. The lowest BCUT2D eigenvalue weighted by Crippen LogP contribution is -2.20. The van der Waals surface area contributed by atoms with E-state index in [4.69, 9.17) is 0 Å². The van der Waals surface area contributed by atoms with Crippen molar-refractivity contribution < 1.29 is 9.90 Å². The highest BCUT2D eigenvalue weighted by atomic mass is 16.3. The molecule has 0 radical (unpaired) electrons. The lowest BCUT2D eigenvalue weighted by molar-refractivity contribution is -0.119. The number of likely N-dealkylation sites (N-methyl/N-ethyl adjacent to an activating group) is 1. The van der Waals surface area contributed by atoms with Gasteiger partial charge >= 0.3 is 0 Å². The van der Waals surface area contributed by atoms with Crippen molar-refractivity contribution in [2.24, 2.45) is 0 Å². The molecule has 3 nitrogen and oxygen atoms in total. The molecule has 1 N–H and O–H groups in total. The first-order chi connectivity index (χ1) is 6.68. The van der Waals surface area contributed by atoms with Gasteiger partial charge in [0.05, 0.1) is 6.04 Å². The Morgan fingerprint density at radius 2 is 2.29 bits per heavy atom. The summed E-state index contributed by atoms with van der Waals surface area (Å²) in [7, 11) is 1.93. The Bertz CT molecular complexity index is 362. The van der Waals surface area contributed by atoms with Crippen molar-refractivity contribution in [1.29, 1.82) is 0 Å². The molecule has 2 rings (SSSR count). The van der Waals surface area contributed by atoms with Crippen molar-refractivity contribution in [2.45, 2.75) is 12.5 Å². The summed E-state index contributed by atoms with van der Waals surface area (Å²) in [6, 6.07) is 6.75. The van der Waals surface area contributed by atoms with Crippen molar-refractivity contribution in [3.05, 3.63) is 29.8 Å².